The zero-order valence-electron chi connectivity index (χ0n) is 34.2. The number of aromatic amines is 2. The smallest absolute Gasteiger partial charge is 0.226 e. The number of H-pyrrole nitrogens is 2. The van der Waals surface area contributed by atoms with Crippen molar-refractivity contribution < 1.29 is 19.8 Å². The predicted octanol–water partition coefficient (Wildman–Crippen LogP) is 6.99. The minimum Gasteiger partial charge on any atom is -0.392 e. The summed E-state index contributed by atoms with van der Waals surface area (Å²) in [6.07, 6.45) is 11.1. The number of halogens is 2. The summed E-state index contributed by atoms with van der Waals surface area (Å²) >= 11 is 0. The molecule has 0 spiro atoms. The number of rotatable bonds is 10. The van der Waals surface area contributed by atoms with Crippen molar-refractivity contribution in [2.75, 3.05) is 39.3 Å². The van der Waals surface area contributed by atoms with Crippen LogP contribution >= 0.6 is 24.8 Å². The lowest BCUT2D eigenvalue weighted by Crippen LogP contribution is -2.55. The summed E-state index contributed by atoms with van der Waals surface area (Å²) in [6, 6.07) is 17.8. The topological polar surface area (TPSA) is 137 Å². The lowest BCUT2D eigenvalue weighted by molar-refractivity contribution is -0.140. The fraction of sp³-hybridized carbons (Fsp3) is 0.617. The Hall–Kier alpha value is -3.12. The van der Waals surface area contributed by atoms with E-state index in [-0.39, 0.29) is 72.4 Å². The summed E-state index contributed by atoms with van der Waals surface area (Å²) < 4.78 is 0. The van der Waals surface area contributed by atoms with E-state index in [9.17, 15) is 19.8 Å². The Kier molecular flexibility index (Phi) is 13.0. The van der Waals surface area contributed by atoms with E-state index in [0.717, 1.165) is 96.8 Å². The normalized spacial score (nSPS) is 31.3. The number of amides is 2. The maximum absolute atomic E-state index is 13.7. The lowest BCUT2D eigenvalue weighted by Gasteiger charge is -2.51. The van der Waals surface area contributed by atoms with Crippen LogP contribution < -0.4 is 10.6 Å². The Balaban J connectivity index is 0.00000242. The maximum Gasteiger partial charge on any atom is 0.226 e. The highest BCUT2D eigenvalue weighted by atomic mass is 35.5. The molecule has 4 fully saturated rings. The number of hydrogen-bond acceptors (Lipinski definition) is 6. The van der Waals surface area contributed by atoms with E-state index in [0.29, 0.717) is 37.8 Å². The van der Waals surface area contributed by atoms with Crippen molar-refractivity contribution in [3.63, 3.8) is 0 Å². The Labute approximate surface area is 360 Å². The van der Waals surface area contributed by atoms with E-state index < -0.39 is 12.2 Å². The summed E-state index contributed by atoms with van der Waals surface area (Å²) in [4.78, 5) is 40.1. The van der Waals surface area contributed by atoms with Gasteiger partial charge in [0.15, 0.2) is 0 Å². The van der Waals surface area contributed by atoms with Crippen LogP contribution in [0.2, 0.25) is 0 Å². The zero-order chi connectivity index (χ0) is 38.6. The van der Waals surface area contributed by atoms with Gasteiger partial charge in [0, 0.05) is 72.5 Å². The predicted molar refractivity (Wildman–Crippen MR) is 237 cm³/mol. The van der Waals surface area contributed by atoms with E-state index in [1.54, 1.807) is 0 Å². The van der Waals surface area contributed by atoms with E-state index >= 15 is 0 Å². The van der Waals surface area contributed by atoms with E-state index in [4.69, 9.17) is 0 Å². The van der Waals surface area contributed by atoms with Crippen molar-refractivity contribution in [1.82, 2.24) is 30.4 Å². The van der Waals surface area contributed by atoms with Crippen LogP contribution in [-0.2, 0) is 22.4 Å². The second-order valence-corrected chi connectivity index (χ2v) is 18.7. The molecule has 0 unspecified atom stereocenters. The number of unbranched alkanes of at least 4 members (excludes halogenated alkanes) is 4. The number of hydrogen-bond donors (Lipinski definition) is 6. The van der Waals surface area contributed by atoms with Crippen LogP contribution in [0.5, 0.6) is 0 Å². The number of carbonyl (C=O) groups excluding carboxylic acids is 2. The number of para-hydroxylation sites is 2. The second kappa shape index (κ2) is 18.1. The first-order chi connectivity index (χ1) is 27.9. The van der Waals surface area contributed by atoms with Crippen LogP contribution in [-0.4, -0.2) is 93.3 Å². The molecule has 2 aromatic heterocycles. The third-order valence-electron chi connectivity index (χ3n) is 15.7. The summed E-state index contributed by atoms with van der Waals surface area (Å²) in [5, 5.41) is 31.5. The monoisotopic (exact) mass is 846 g/mol. The number of nitrogens with zero attached hydrogens (tertiary/aromatic N) is 2. The molecule has 6 heterocycles. The quantitative estimate of drug-likeness (QED) is 0.0954. The van der Waals surface area contributed by atoms with Crippen molar-refractivity contribution in [2.24, 2.45) is 35.5 Å². The molecular weight excluding hydrogens is 783 g/mol. The minimum absolute atomic E-state index is 0. The summed E-state index contributed by atoms with van der Waals surface area (Å²) in [5.74, 6) is 0.660. The van der Waals surface area contributed by atoms with Gasteiger partial charge in [0.1, 0.15) is 0 Å². The van der Waals surface area contributed by atoms with Gasteiger partial charge in [-0.15, -0.1) is 24.8 Å². The molecule has 2 saturated carbocycles. The molecule has 59 heavy (non-hydrogen) atoms. The van der Waals surface area contributed by atoms with Gasteiger partial charge < -0.3 is 30.8 Å². The van der Waals surface area contributed by atoms with Crippen LogP contribution in [0.1, 0.15) is 105 Å². The number of carbonyl (C=O) groups is 2. The number of aliphatic hydroxyl groups excluding tert-OH is 2. The third-order valence-corrected chi connectivity index (χ3v) is 15.7. The molecule has 2 saturated heterocycles. The van der Waals surface area contributed by atoms with Gasteiger partial charge in [0.2, 0.25) is 11.8 Å². The van der Waals surface area contributed by atoms with Gasteiger partial charge in [-0.25, -0.2) is 0 Å². The highest BCUT2D eigenvalue weighted by Gasteiger charge is 2.50. The molecule has 10 rings (SSSR count). The van der Waals surface area contributed by atoms with Gasteiger partial charge in [-0.3, -0.25) is 19.4 Å². The maximum atomic E-state index is 13.7. The first-order valence-electron chi connectivity index (χ1n) is 22.5. The molecular formula is C47H64Cl2N6O4. The number of benzene rings is 2. The molecule has 4 aliphatic heterocycles. The second-order valence-electron chi connectivity index (χ2n) is 18.7. The van der Waals surface area contributed by atoms with Crippen LogP contribution in [0.3, 0.4) is 0 Å². The molecule has 4 aromatic rings. The SMILES string of the molecule is Cl.Cl.O=C(NCCCCCCCNC(=O)[C@@H]1[C@H]2C[C@H]3c4[nH]c5ccccc5c4CCN3C[C@@H]2CC[C@@H]1O)[C@@H]1[C@H]2C[C@H]3c4[nH]c5ccccc5c4CCN3C[C@@H]2CC[C@@H]1O. The minimum atomic E-state index is -0.577. The van der Waals surface area contributed by atoms with Gasteiger partial charge in [0.05, 0.1) is 36.1 Å². The molecule has 6 aliphatic rings. The van der Waals surface area contributed by atoms with Crippen LogP contribution in [0.25, 0.3) is 21.8 Å². The fourth-order valence-electron chi connectivity index (χ4n) is 12.8. The fourth-order valence-corrected chi connectivity index (χ4v) is 12.8. The largest absolute Gasteiger partial charge is 0.392 e. The van der Waals surface area contributed by atoms with E-state index in [1.165, 1.54) is 44.3 Å². The van der Waals surface area contributed by atoms with Gasteiger partial charge in [-0.05, 0) is 111 Å². The van der Waals surface area contributed by atoms with Gasteiger partial charge in [-0.1, -0.05) is 55.7 Å². The molecule has 10 nitrogen and oxygen atoms in total. The number of fused-ring (bicyclic) bond motifs is 12. The molecule has 6 N–H and O–H groups in total. The van der Waals surface area contributed by atoms with Crippen molar-refractivity contribution in [1.29, 1.82) is 0 Å². The average molecular weight is 848 g/mol. The van der Waals surface area contributed by atoms with E-state index in [2.05, 4.69) is 78.9 Å². The van der Waals surface area contributed by atoms with Crippen LogP contribution in [0, 0.1) is 35.5 Å². The summed E-state index contributed by atoms with van der Waals surface area (Å²) in [6.45, 7) is 5.42. The third kappa shape index (κ3) is 7.96. The zero-order valence-corrected chi connectivity index (χ0v) is 35.9. The first kappa shape index (κ1) is 42.6. The molecule has 0 bridgehead atoms. The molecule has 10 atom stereocenters. The number of piperidine rings is 2. The molecule has 2 amide bonds. The van der Waals surface area contributed by atoms with Crippen molar-refractivity contribution in [2.45, 2.75) is 108 Å². The lowest BCUT2D eigenvalue weighted by atomic mass is 9.64. The average Bonchev–Trinajstić information content (AvgIpc) is 3.81. The summed E-state index contributed by atoms with van der Waals surface area (Å²) in [5.41, 5.74) is 7.92. The highest BCUT2D eigenvalue weighted by molar-refractivity contribution is 5.86. The first-order valence-corrected chi connectivity index (χ1v) is 22.5. The molecule has 0 radical (unpaired) electrons. The van der Waals surface area contributed by atoms with Crippen LogP contribution in [0.15, 0.2) is 48.5 Å². The number of aromatic nitrogens is 2. The molecule has 320 valence electrons. The molecule has 12 heteroatoms. The Morgan fingerprint density at radius 2 is 1.03 bits per heavy atom. The Morgan fingerprint density at radius 1 is 0.610 bits per heavy atom. The van der Waals surface area contributed by atoms with Crippen molar-refractivity contribution >= 4 is 58.4 Å². The summed E-state index contributed by atoms with van der Waals surface area (Å²) in [7, 11) is 0. The van der Waals surface area contributed by atoms with Crippen LogP contribution in [0.4, 0.5) is 0 Å². The van der Waals surface area contributed by atoms with Crippen molar-refractivity contribution in [3.05, 3.63) is 71.0 Å². The standard InChI is InChI=1S/C47H62N6O4.2ClH/c54-40-16-14-28-26-52-22-18-32-30-10-4-6-12-36(30)50-44(32)38(52)24-34(28)42(40)46(56)48-20-8-2-1-3-9-21-49-47(57)43-35-25-39-45-33(31-11-5-7-13-37(31)51-45)19-23-53(39)27-29(35)15-17-41(43)55;;/h4-7,10-13,28-29,34-35,38-43,50-51,54-55H,1-3,8-9,14-27H2,(H,48,56)(H,49,57);2*1H/t28-,29-,34-,35-,38-,39-,40-,41-,42+,43+;;/m0../s1. The number of aliphatic hydroxyl groups is 2. The van der Waals surface area contributed by atoms with Gasteiger partial charge in [-0.2, -0.15) is 0 Å². The highest BCUT2D eigenvalue weighted by Crippen LogP contribution is 2.51. The number of nitrogens with one attached hydrogen (secondary N) is 4. The van der Waals surface area contributed by atoms with Gasteiger partial charge >= 0.3 is 0 Å². The van der Waals surface area contributed by atoms with Gasteiger partial charge in [0.25, 0.3) is 0 Å². The Bertz CT molecular complexity index is 1960. The molecule has 2 aromatic carbocycles. The Morgan fingerprint density at radius 3 is 1.49 bits per heavy atom. The van der Waals surface area contributed by atoms with E-state index in [1.807, 2.05) is 0 Å². The molecule has 2 aliphatic carbocycles. The van der Waals surface area contributed by atoms with Crippen molar-refractivity contribution in [3.8, 4) is 0 Å².